The number of aromatic nitrogens is 2. The van der Waals surface area contributed by atoms with Gasteiger partial charge in [0.15, 0.2) is 5.69 Å². The minimum atomic E-state index is -4.75. The molecule has 0 aliphatic rings. The van der Waals surface area contributed by atoms with E-state index >= 15 is 0 Å². The number of aromatic amines is 1. The van der Waals surface area contributed by atoms with Gasteiger partial charge in [-0.2, -0.15) is 18.3 Å². The smallest absolute Gasteiger partial charge is 0.348 e. The van der Waals surface area contributed by atoms with E-state index < -0.39 is 29.2 Å². The van der Waals surface area contributed by atoms with Crippen LogP contribution in [0.5, 0.6) is 0 Å². The van der Waals surface area contributed by atoms with Crippen LogP contribution in [0.4, 0.5) is 17.6 Å². The number of amides is 1. The van der Waals surface area contributed by atoms with Crippen molar-refractivity contribution in [3.05, 3.63) is 76.3 Å². The van der Waals surface area contributed by atoms with Crippen molar-refractivity contribution in [3.8, 4) is 11.1 Å². The Hall–Kier alpha value is -2.87. The Morgan fingerprint density at radius 3 is 2.52 bits per heavy atom. The molecular weight excluding hydrogens is 386 g/mol. The van der Waals surface area contributed by atoms with Crippen LogP contribution in [0, 0.1) is 5.82 Å². The van der Waals surface area contributed by atoms with E-state index in [-0.39, 0.29) is 6.54 Å². The molecule has 1 amide bonds. The number of nitrogens with zero attached hydrogens (tertiary/aromatic N) is 1. The van der Waals surface area contributed by atoms with E-state index in [0.29, 0.717) is 21.7 Å². The fourth-order valence-corrected chi connectivity index (χ4v) is 2.68. The van der Waals surface area contributed by atoms with E-state index in [1.54, 1.807) is 24.3 Å². The number of halogens is 5. The lowest BCUT2D eigenvalue weighted by Gasteiger charge is -2.12. The summed E-state index contributed by atoms with van der Waals surface area (Å²) in [4.78, 5) is 12.1. The number of alkyl halides is 3. The first-order valence-corrected chi connectivity index (χ1v) is 8.07. The van der Waals surface area contributed by atoms with Crippen molar-refractivity contribution < 1.29 is 22.4 Å². The molecule has 0 radical (unpaired) electrons. The lowest BCUT2D eigenvalue weighted by molar-refractivity contribution is -0.141. The average Bonchev–Trinajstić information content (AvgIpc) is 3.11. The summed E-state index contributed by atoms with van der Waals surface area (Å²) in [6, 6.07) is 10.6. The number of rotatable bonds is 4. The predicted molar refractivity (Wildman–Crippen MR) is 91.6 cm³/mol. The van der Waals surface area contributed by atoms with Crippen LogP contribution in [0.2, 0.25) is 5.02 Å². The zero-order valence-electron chi connectivity index (χ0n) is 13.6. The van der Waals surface area contributed by atoms with E-state index in [9.17, 15) is 22.4 Å². The molecule has 140 valence electrons. The third-order valence-corrected chi connectivity index (χ3v) is 4.07. The van der Waals surface area contributed by atoms with E-state index in [1.165, 1.54) is 18.2 Å². The first kappa shape index (κ1) is 18.9. The summed E-state index contributed by atoms with van der Waals surface area (Å²) in [6.45, 7) is -0.0977. The molecule has 0 aliphatic carbocycles. The van der Waals surface area contributed by atoms with Crippen LogP contribution in [0.1, 0.15) is 21.6 Å². The second-order valence-electron chi connectivity index (χ2n) is 5.64. The lowest BCUT2D eigenvalue weighted by atomic mass is 9.99. The van der Waals surface area contributed by atoms with Crippen LogP contribution in [-0.2, 0) is 12.7 Å². The average molecular weight is 398 g/mol. The second-order valence-corrected chi connectivity index (χ2v) is 6.07. The van der Waals surface area contributed by atoms with E-state index in [0.717, 1.165) is 6.20 Å². The van der Waals surface area contributed by atoms with Gasteiger partial charge in [-0.3, -0.25) is 9.89 Å². The highest BCUT2D eigenvalue weighted by molar-refractivity contribution is 6.30. The van der Waals surface area contributed by atoms with Gasteiger partial charge in [-0.25, -0.2) is 4.39 Å². The van der Waals surface area contributed by atoms with Crippen molar-refractivity contribution in [1.82, 2.24) is 15.5 Å². The van der Waals surface area contributed by atoms with Crippen LogP contribution < -0.4 is 5.32 Å². The summed E-state index contributed by atoms with van der Waals surface area (Å²) in [5.74, 6) is -1.42. The molecule has 27 heavy (non-hydrogen) atoms. The van der Waals surface area contributed by atoms with Crippen LogP contribution >= 0.6 is 11.6 Å². The Kier molecular flexibility index (Phi) is 5.18. The van der Waals surface area contributed by atoms with Crippen LogP contribution in [0.15, 0.2) is 48.7 Å². The summed E-state index contributed by atoms with van der Waals surface area (Å²) >= 11 is 5.85. The van der Waals surface area contributed by atoms with Gasteiger partial charge in [0.2, 0.25) is 0 Å². The van der Waals surface area contributed by atoms with Gasteiger partial charge in [0.05, 0.1) is 5.56 Å². The summed E-state index contributed by atoms with van der Waals surface area (Å²) in [5, 5.41) is 8.03. The molecule has 0 spiro atoms. The molecule has 0 unspecified atom stereocenters. The first-order valence-electron chi connectivity index (χ1n) is 7.69. The zero-order valence-corrected chi connectivity index (χ0v) is 14.3. The maximum Gasteiger partial charge on any atom is 0.435 e. The lowest BCUT2D eigenvalue weighted by Crippen LogP contribution is -2.25. The molecule has 0 bridgehead atoms. The van der Waals surface area contributed by atoms with Gasteiger partial charge in [0.25, 0.3) is 5.91 Å². The van der Waals surface area contributed by atoms with Crippen molar-refractivity contribution in [2.24, 2.45) is 0 Å². The van der Waals surface area contributed by atoms with Gasteiger partial charge >= 0.3 is 6.18 Å². The molecule has 1 aromatic heterocycles. The number of carbonyl (C=O) groups is 1. The minimum absolute atomic E-state index is 0.0977. The Balaban J connectivity index is 1.84. The van der Waals surface area contributed by atoms with Crippen LogP contribution in [-0.4, -0.2) is 16.1 Å². The Labute approximate surface area is 156 Å². The fraction of sp³-hybridized carbons (Fsp3) is 0.111. The molecule has 2 aromatic carbocycles. The largest absolute Gasteiger partial charge is 0.435 e. The highest BCUT2D eigenvalue weighted by Crippen LogP contribution is 2.30. The summed E-state index contributed by atoms with van der Waals surface area (Å²) in [6.07, 6.45) is -3.88. The third kappa shape index (κ3) is 4.28. The molecule has 4 nitrogen and oxygen atoms in total. The predicted octanol–water partition coefficient (Wildman–Crippen LogP) is 4.82. The number of H-pyrrole nitrogens is 1. The van der Waals surface area contributed by atoms with Gasteiger partial charge in [0, 0.05) is 17.8 Å². The molecule has 0 atom stereocenters. The van der Waals surface area contributed by atoms with Gasteiger partial charge in [-0.15, -0.1) is 0 Å². The van der Waals surface area contributed by atoms with Crippen molar-refractivity contribution in [2.75, 3.05) is 0 Å². The minimum Gasteiger partial charge on any atom is -0.348 e. The monoisotopic (exact) mass is 397 g/mol. The van der Waals surface area contributed by atoms with Gasteiger partial charge in [-0.05, 0) is 41.0 Å². The number of benzene rings is 2. The van der Waals surface area contributed by atoms with Crippen molar-refractivity contribution >= 4 is 17.5 Å². The third-order valence-electron chi connectivity index (χ3n) is 3.82. The molecule has 3 rings (SSSR count). The number of carbonyl (C=O) groups excluding carboxylic acids is 1. The molecule has 1 heterocycles. The summed E-state index contributed by atoms with van der Waals surface area (Å²) < 4.78 is 52.2. The fourth-order valence-electron chi connectivity index (χ4n) is 2.55. The maximum atomic E-state index is 13.7. The van der Waals surface area contributed by atoms with E-state index in [4.69, 9.17) is 11.6 Å². The molecule has 3 aromatic rings. The second kappa shape index (κ2) is 7.40. The Bertz CT molecular complexity index is 967. The zero-order chi connectivity index (χ0) is 19.6. The van der Waals surface area contributed by atoms with Crippen molar-refractivity contribution in [3.63, 3.8) is 0 Å². The molecular formula is C18H12ClF4N3O. The number of hydrogen-bond acceptors (Lipinski definition) is 2. The van der Waals surface area contributed by atoms with Crippen LogP contribution in [0.25, 0.3) is 11.1 Å². The molecule has 0 fully saturated rings. The number of nitrogens with one attached hydrogen (secondary N) is 2. The molecule has 0 saturated heterocycles. The van der Waals surface area contributed by atoms with E-state index in [2.05, 4.69) is 10.4 Å². The molecule has 2 N–H and O–H groups in total. The van der Waals surface area contributed by atoms with Crippen LogP contribution in [0.3, 0.4) is 0 Å². The standard InChI is InChI=1S/C18H12ClF4N3O/c19-12-4-1-10(2-5-12)14-7-13(20)6-3-11(14)8-24-17(27)15-9-25-26-16(15)18(21,22)23/h1-7,9H,8H2,(H,24,27)(H,25,26). The number of hydrogen-bond donors (Lipinski definition) is 2. The Morgan fingerprint density at radius 1 is 1.15 bits per heavy atom. The highest BCUT2D eigenvalue weighted by Gasteiger charge is 2.38. The summed E-state index contributed by atoms with van der Waals surface area (Å²) in [5.41, 5.74) is -0.226. The molecule has 0 aliphatic heterocycles. The maximum absolute atomic E-state index is 13.7. The van der Waals surface area contributed by atoms with Gasteiger partial charge < -0.3 is 5.32 Å². The van der Waals surface area contributed by atoms with Gasteiger partial charge in [0.1, 0.15) is 5.82 Å². The quantitative estimate of drug-likeness (QED) is 0.620. The molecule has 0 saturated carbocycles. The Morgan fingerprint density at radius 2 is 1.85 bits per heavy atom. The SMILES string of the molecule is O=C(NCc1ccc(F)cc1-c1ccc(Cl)cc1)c1c[nH]nc1C(F)(F)F. The molecule has 9 heteroatoms. The first-order chi connectivity index (χ1) is 12.8. The summed E-state index contributed by atoms with van der Waals surface area (Å²) in [7, 11) is 0. The topological polar surface area (TPSA) is 57.8 Å². The van der Waals surface area contributed by atoms with Crippen molar-refractivity contribution in [1.29, 1.82) is 0 Å². The normalized spacial score (nSPS) is 11.4. The van der Waals surface area contributed by atoms with Gasteiger partial charge in [-0.1, -0.05) is 29.8 Å². The van der Waals surface area contributed by atoms with Crippen molar-refractivity contribution in [2.45, 2.75) is 12.7 Å². The highest BCUT2D eigenvalue weighted by atomic mass is 35.5. The van der Waals surface area contributed by atoms with E-state index in [1.807, 2.05) is 5.10 Å².